The van der Waals surface area contributed by atoms with Crippen LogP contribution in [0.25, 0.3) is 11.1 Å². The van der Waals surface area contributed by atoms with Crippen LogP contribution in [0, 0.1) is 10.1 Å². The second-order valence-electron chi connectivity index (χ2n) is 15.3. The molecule has 0 bridgehead atoms. The SMILES string of the molecule is CCOC(=O)CCCN(C)CCC(CSc1ccccc1)Nc1ccc(S(=O)(=O)NC(=O)c2ccc(N3CCN(Cc4ccccc4-c4ccc(Cl)cc4)CC3)cc2)cc1[N+](=O)[O-]. The van der Waals surface area contributed by atoms with E-state index in [0.717, 1.165) is 54.9 Å². The van der Waals surface area contributed by atoms with Crippen LogP contribution in [0.15, 0.2) is 131 Å². The highest BCUT2D eigenvalue weighted by molar-refractivity contribution is 7.99. The van der Waals surface area contributed by atoms with Gasteiger partial charge >= 0.3 is 5.97 Å². The van der Waals surface area contributed by atoms with E-state index in [-0.39, 0.29) is 23.3 Å². The maximum atomic E-state index is 13.5. The van der Waals surface area contributed by atoms with E-state index in [2.05, 4.69) is 42.9 Å². The molecule has 1 amide bonds. The fourth-order valence-corrected chi connectivity index (χ4v) is 9.45. The average Bonchev–Trinajstić information content (AvgIpc) is 3.28. The highest BCUT2D eigenvalue weighted by atomic mass is 35.5. The maximum absolute atomic E-state index is 13.5. The number of hydrogen-bond acceptors (Lipinski definition) is 12. The van der Waals surface area contributed by atoms with E-state index in [4.69, 9.17) is 16.3 Å². The third-order valence-electron chi connectivity index (χ3n) is 10.8. The van der Waals surface area contributed by atoms with Gasteiger partial charge in [-0.05, 0) is 117 Å². The minimum absolute atomic E-state index is 0.136. The Bertz CT molecular complexity index is 2420. The van der Waals surface area contributed by atoms with Gasteiger partial charge in [0.1, 0.15) is 5.69 Å². The number of nitro groups is 1. The summed E-state index contributed by atoms with van der Waals surface area (Å²) in [6.45, 7) is 7.44. The molecule has 1 saturated heterocycles. The zero-order chi connectivity index (χ0) is 44.8. The van der Waals surface area contributed by atoms with E-state index < -0.39 is 31.4 Å². The number of halogens is 1. The average molecular weight is 914 g/mol. The molecule has 1 aliphatic heterocycles. The molecule has 0 spiro atoms. The van der Waals surface area contributed by atoms with Gasteiger partial charge in [-0.25, -0.2) is 13.1 Å². The van der Waals surface area contributed by atoms with E-state index in [0.29, 0.717) is 49.7 Å². The van der Waals surface area contributed by atoms with Crippen LogP contribution in [0.2, 0.25) is 5.02 Å². The smallest absolute Gasteiger partial charge is 0.305 e. The second-order valence-corrected chi connectivity index (χ2v) is 18.5. The summed E-state index contributed by atoms with van der Waals surface area (Å²) in [6.07, 6.45) is 1.57. The van der Waals surface area contributed by atoms with Crippen LogP contribution in [0.4, 0.5) is 17.1 Å². The largest absolute Gasteiger partial charge is 0.466 e. The number of ether oxygens (including phenoxy) is 1. The quantitative estimate of drug-likeness (QED) is 0.0314. The molecule has 1 heterocycles. The second kappa shape index (κ2) is 22.8. The number of piperazine rings is 1. The Morgan fingerprint density at radius 2 is 1.60 bits per heavy atom. The van der Waals surface area contributed by atoms with Gasteiger partial charge in [-0.15, -0.1) is 11.8 Å². The van der Waals surface area contributed by atoms with Gasteiger partial charge in [-0.1, -0.05) is 66.2 Å². The van der Waals surface area contributed by atoms with Crippen LogP contribution in [0.5, 0.6) is 0 Å². The minimum atomic E-state index is -4.48. The number of nitro benzene ring substituents is 1. The fraction of sp³-hybridized carbons (Fsp3) is 0.319. The lowest BCUT2D eigenvalue weighted by Crippen LogP contribution is -2.46. The molecule has 0 aliphatic carbocycles. The molecule has 1 aliphatic rings. The molecule has 1 atom stereocenters. The van der Waals surface area contributed by atoms with Crippen molar-refractivity contribution in [2.24, 2.45) is 0 Å². The number of nitrogens with one attached hydrogen (secondary N) is 2. The van der Waals surface area contributed by atoms with Crippen molar-refractivity contribution in [3.8, 4) is 11.1 Å². The van der Waals surface area contributed by atoms with Gasteiger partial charge in [0.05, 0.1) is 16.4 Å². The summed E-state index contributed by atoms with van der Waals surface area (Å²) < 4.78 is 34.1. The van der Waals surface area contributed by atoms with Gasteiger partial charge < -0.3 is 19.9 Å². The van der Waals surface area contributed by atoms with Gasteiger partial charge in [0, 0.05) is 78.2 Å². The normalized spacial score (nSPS) is 13.7. The summed E-state index contributed by atoms with van der Waals surface area (Å²) in [5, 5.41) is 16.3. The molecule has 5 aromatic carbocycles. The molecule has 16 heteroatoms. The first-order valence-electron chi connectivity index (χ1n) is 20.9. The number of carbonyl (C=O) groups is 2. The van der Waals surface area contributed by atoms with Crippen molar-refractivity contribution < 1.29 is 27.7 Å². The minimum Gasteiger partial charge on any atom is -0.466 e. The lowest BCUT2D eigenvalue weighted by molar-refractivity contribution is -0.384. The van der Waals surface area contributed by atoms with Crippen molar-refractivity contribution in [3.05, 3.63) is 148 Å². The van der Waals surface area contributed by atoms with E-state index in [1.165, 1.54) is 23.3 Å². The van der Waals surface area contributed by atoms with Gasteiger partial charge in [-0.3, -0.25) is 24.6 Å². The lowest BCUT2D eigenvalue weighted by atomic mass is 9.99. The van der Waals surface area contributed by atoms with Crippen molar-refractivity contribution >= 4 is 62.3 Å². The molecule has 2 N–H and O–H groups in total. The van der Waals surface area contributed by atoms with Crippen molar-refractivity contribution in [2.45, 2.75) is 48.6 Å². The maximum Gasteiger partial charge on any atom is 0.305 e. The Labute approximate surface area is 379 Å². The third-order valence-corrected chi connectivity index (χ3v) is 13.5. The predicted octanol–water partition coefficient (Wildman–Crippen LogP) is 8.59. The Morgan fingerprint density at radius 3 is 2.30 bits per heavy atom. The molecule has 0 radical (unpaired) electrons. The van der Waals surface area contributed by atoms with Gasteiger partial charge in [0.15, 0.2) is 0 Å². The number of thioether (sulfide) groups is 1. The van der Waals surface area contributed by atoms with E-state index in [9.17, 15) is 28.1 Å². The number of amides is 1. The molecule has 0 saturated carbocycles. The Morgan fingerprint density at radius 1 is 0.905 bits per heavy atom. The summed E-state index contributed by atoms with van der Waals surface area (Å²) in [5.41, 5.74) is 4.31. The number of esters is 1. The number of benzene rings is 5. The molecular weight excluding hydrogens is 860 g/mol. The lowest BCUT2D eigenvalue weighted by Gasteiger charge is -2.36. The zero-order valence-electron chi connectivity index (χ0n) is 35.5. The molecule has 6 rings (SSSR count). The molecule has 5 aromatic rings. The monoisotopic (exact) mass is 912 g/mol. The number of hydrogen-bond donors (Lipinski definition) is 2. The molecule has 1 unspecified atom stereocenters. The highest BCUT2D eigenvalue weighted by Gasteiger charge is 2.26. The van der Waals surface area contributed by atoms with Crippen LogP contribution in [-0.4, -0.2) is 99.7 Å². The van der Waals surface area contributed by atoms with E-state index >= 15 is 0 Å². The van der Waals surface area contributed by atoms with Crippen LogP contribution < -0.4 is 14.9 Å². The number of carbonyl (C=O) groups excluding carboxylic acids is 2. The summed E-state index contributed by atoms with van der Waals surface area (Å²) in [4.78, 5) is 44.1. The summed E-state index contributed by atoms with van der Waals surface area (Å²) in [6, 6.07) is 36.1. The number of sulfonamides is 1. The van der Waals surface area contributed by atoms with E-state index in [1.54, 1.807) is 43.0 Å². The Hall–Kier alpha value is -5.45. The third kappa shape index (κ3) is 13.8. The molecule has 1 fully saturated rings. The Balaban J connectivity index is 1.05. The highest BCUT2D eigenvalue weighted by Crippen LogP contribution is 2.31. The van der Waals surface area contributed by atoms with Crippen LogP contribution >= 0.6 is 23.4 Å². The number of rotatable bonds is 21. The topological polar surface area (TPSA) is 154 Å². The fourth-order valence-electron chi connectivity index (χ4n) is 7.33. The Kier molecular flexibility index (Phi) is 17.0. The molecule has 332 valence electrons. The predicted molar refractivity (Wildman–Crippen MR) is 251 cm³/mol. The standard InChI is InChI=1S/C47H53ClN6O7S2/c1-3-61-46(55)14-9-26-51(2)27-25-39(34-62-41-11-5-4-6-12-41)49-44-24-23-42(32-45(44)54(57)58)63(59,60)50-47(56)36-17-21-40(22-18-36)53-30-28-52(29-31-53)33-37-10-7-8-13-43(37)35-15-19-38(48)20-16-35/h4-8,10-13,15-24,32,39,49H,3,9,14,25-31,33-34H2,1-2H3,(H,50,56). The summed E-state index contributed by atoms with van der Waals surface area (Å²) >= 11 is 7.72. The first-order valence-corrected chi connectivity index (χ1v) is 23.8. The number of nitrogens with zero attached hydrogens (tertiary/aromatic N) is 4. The van der Waals surface area contributed by atoms with Crippen LogP contribution in [0.1, 0.15) is 42.1 Å². The van der Waals surface area contributed by atoms with Crippen molar-refractivity contribution in [3.63, 3.8) is 0 Å². The van der Waals surface area contributed by atoms with Gasteiger partial charge in [0.2, 0.25) is 0 Å². The molecule has 63 heavy (non-hydrogen) atoms. The molecule has 0 aromatic heterocycles. The summed E-state index contributed by atoms with van der Waals surface area (Å²) in [5.74, 6) is -0.508. The van der Waals surface area contributed by atoms with Crippen molar-refractivity contribution in [2.75, 3.05) is 68.9 Å². The molecule has 13 nitrogen and oxygen atoms in total. The summed E-state index contributed by atoms with van der Waals surface area (Å²) in [7, 11) is -2.53. The van der Waals surface area contributed by atoms with Gasteiger partial charge in [-0.2, -0.15) is 0 Å². The van der Waals surface area contributed by atoms with Crippen LogP contribution in [0.3, 0.4) is 0 Å². The van der Waals surface area contributed by atoms with E-state index in [1.807, 2.05) is 67.7 Å². The molecular formula is C47H53ClN6O7S2. The first kappa shape index (κ1) is 47.0. The zero-order valence-corrected chi connectivity index (χ0v) is 37.8. The number of anilines is 2. The van der Waals surface area contributed by atoms with Gasteiger partial charge in [0.25, 0.3) is 21.6 Å². The van der Waals surface area contributed by atoms with Crippen molar-refractivity contribution in [1.82, 2.24) is 14.5 Å². The van der Waals surface area contributed by atoms with Crippen molar-refractivity contribution in [1.29, 1.82) is 0 Å². The first-order chi connectivity index (χ1) is 30.4. The van der Waals surface area contributed by atoms with Crippen LogP contribution in [-0.2, 0) is 26.1 Å².